The minimum absolute atomic E-state index is 0.00556. The molecule has 4 aromatic rings. The van der Waals surface area contributed by atoms with E-state index in [-0.39, 0.29) is 28.5 Å². The SMILES string of the molecule is Cn1c(-c2cn3cc(C(F)(F)F)cnc3n2)nc2ccc(C(F)(F)F)nc21. The van der Waals surface area contributed by atoms with Gasteiger partial charge in [0.25, 0.3) is 0 Å². The molecule has 0 saturated heterocycles. The van der Waals surface area contributed by atoms with Crippen molar-refractivity contribution in [3.8, 4) is 11.5 Å². The number of halogens is 6. The number of nitrogens with zero attached hydrogens (tertiary/aromatic N) is 6. The van der Waals surface area contributed by atoms with Crippen molar-refractivity contribution < 1.29 is 26.3 Å². The average molecular weight is 386 g/mol. The van der Waals surface area contributed by atoms with Crippen LogP contribution in [-0.4, -0.2) is 28.9 Å². The predicted octanol–water partition coefficient (Wildman–Crippen LogP) is 3.72. The molecule has 0 spiro atoms. The number of fused-ring (bicyclic) bond motifs is 2. The summed E-state index contributed by atoms with van der Waals surface area (Å²) in [5, 5.41) is 0. The zero-order valence-corrected chi connectivity index (χ0v) is 13.3. The van der Waals surface area contributed by atoms with E-state index in [0.717, 1.165) is 16.7 Å². The molecule has 12 heteroatoms. The second kappa shape index (κ2) is 5.41. The molecule has 140 valence electrons. The third kappa shape index (κ3) is 2.86. The molecule has 0 unspecified atom stereocenters. The van der Waals surface area contributed by atoms with Gasteiger partial charge in [0.15, 0.2) is 11.5 Å². The average Bonchev–Trinajstić information content (AvgIpc) is 3.13. The van der Waals surface area contributed by atoms with Gasteiger partial charge in [-0.1, -0.05) is 0 Å². The highest BCUT2D eigenvalue weighted by atomic mass is 19.4. The van der Waals surface area contributed by atoms with Crippen molar-refractivity contribution in [2.45, 2.75) is 12.4 Å². The van der Waals surface area contributed by atoms with Crippen LogP contribution in [0.25, 0.3) is 28.5 Å². The molecule has 4 rings (SSSR count). The van der Waals surface area contributed by atoms with Gasteiger partial charge in [-0.05, 0) is 12.1 Å². The van der Waals surface area contributed by atoms with Gasteiger partial charge in [-0.25, -0.2) is 19.9 Å². The first-order valence-electron chi connectivity index (χ1n) is 7.37. The first-order chi connectivity index (χ1) is 12.5. The van der Waals surface area contributed by atoms with Crippen LogP contribution in [0, 0.1) is 0 Å². The largest absolute Gasteiger partial charge is 0.433 e. The summed E-state index contributed by atoms with van der Waals surface area (Å²) < 4.78 is 79.3. The van der Waals surface area contributed by atoms with E-state index < -0.39 is 23.6 Å². The van der Waals surface area contributed by atoms with Gasteiger partial charge in [0, 0.05) is 25.6 Å². The number of alkyl halides is 6. The second-order valence-electron chi connectivity index (χ2n) is 5.71. The number of aryl methyl sites for hydroxylation is 1. The van der Waals surface area contributed by atoms with Gasteiger partial charge >= 0.3 is 12.4 Å². The van der Waals surface area contributed by atoms with Crippen LogP contribution in [0.4, 0.5) is 26.3 Å². The molecule has 0 atom stereocenters. The van der Waals surface area contributed by atoms with Crippen molar-refractivity contribution in [2.24, 2.45) is 7.05 Å². The lowest BCUT2D eigenvalue weighted by atomic mass is 10.3. The van der Waals surface area contributed by atoms with Crippen molar-refractivity contribution in [1.29, 1.82) is 0 Å². The van der Waals surface area contributed by atoms with E-state index in [9.17, 15) is 26.3 Å². The number of pyridine rings is 1. The maximum absolute atomic E-state index is 12.8. The second-order valence-corrected chi connectivity index (χ2v) is 5.71. The Balaban J connectivity index is 1.85. The van der Waals surface area contributed by atoms with Crippen LogP contribution in [0.1, 0.15) is 11.3 Å². The van der Waals surface area contributed by atoms with E-state index in [0.29, 0.717) is 6.20 Å². The molecule has 0 fully saturated rings. The van der Waals surface area contributed by atoms with E-state index in [1.54, 1.807) is 0 Å². The summed E-state index contributed by atoms with van der Waals surface area (Å²) in [4.78, 5) is 15.5. The van der Waals surface area contributed by atoms with Crippen LogP contribution < -0.4 is 0 Å². The summed E-state index contributed by atoms with van der Waals surface area (Å²) in [6.45, 7) is 0. The summed E-state index contributed by atoms with van der Waals surface area (Å²) in [6, 6.07) is 1.98. The Bertz CT molecular complexity index is 1170. The Morgan fingerprint density at radius 1 is 0.889 bits per heavy atom. The third-order valence-corrected chi connectivity index (χ3v) is 3.87. The van der Waals surface area contributed by atoms with Gasteiger partial charge < -0.3 is 4.57 Å². The van der Waals surface area contributed by atoms with Crippen molar-refractivity contribution >= 4 is 16.9 Å². The normalized spacial score (nSPS) is 13.0. The highest BCUT2D eigenvalue weighted by molar-refractivity contribution is 5.76. The van der Waals surface area contributed by atoms with E-state index in [1.165, 1.54) is 23.9 Å². The molecule has 0 aliphatic carbocycles. The Labute approximate surface area is 146 Å². The van der Waals surface area contributed by atoms with Crippen LogP contribution in [-0.2, 0) is 19.4 Å². The molecule has 0 bridgehead atoms. The molecule has 0 aliphatic heterocycles. The molecule has 0 N–H and O–H groups in total. The zero-order chi connectivity index (χ0) is 19.6. The number of hydrogen-bond acceptors (Lipinski definition) is 4. The maximum Gasteiger partial charge on any atom is 0.433 e. The highest BCUT2D eigenvalue weighted by Crippen LogP contribution is 2.31. The van der Waals surface area contributed by atoms with Gasteiger partial charge in [-0.2, -0.15) is 26.3 Å². The van der Waals surface area contributed by atoms with Crippen LogP contribution in [0.3, 0.4) is 0 Å². The van der Waals surface area contributed by atoms with Crippen LogP contribution in [0.15, 0.2) is 30.7 Å². The summed E-state index contributed by atoms with van der Waals surface area (Å²) in [5.41, 5.74) is -1.71. The first kappa shape index (κ1) is 17.2. The molecular formula is C15H8F6N6. The molecule has 0 radical (unpaired) electrons. The summed E-state index contributed by atoms with van der Waals surface area (Å²) in [7, 11) is 1.44. The summed E-state index contributed by atoms with van der Waals surface area (Å²) in [6.07, 6.45) is -6.44. The van der Waals surface area contributed by atoms with Gasteiger partial charge in [0.05, 0.1) is 5.56 Å². The number of rotatable bonds is 1. The standard InChI is InChI=1S/C15H8F6N6/c1-26-11-8(2-3-10(25-11)15(19,20)21)23-12(26)9-6-27-5-7(14(16,17)18)4-22-13(27)24-9/h2-6H,1H3. The van der Waals surface area contributed by atoms with Crippen molar-refractivity contribution in [3.63, 3.8) is 0 Å². The maximum atomic E-state index is 12.8. The lowest BCUT2D eigenvalue weighted by molar-refractivity contribution is -0.141. The number of aromatic nitrogens is 6. The Morgan fingerprint density at radius 2 is 1.63 bits per heavy atom. The molecule has 0 aliphatic rings. The third-order valence-electron chi connectivity index (χ3n) is 3.87. The highest BCUT2D eigenvalue weighted by Gasteiger charge is 2.33. The molecule has 6 nitrogen and oxygen atoms in total. The van der Waals surface area contributed by atoms with Crippen molar-refractivity contribution in [3.05, 3.63) is 42.0 Å². The van der Waals surface area contributed by atoms with Gasteiger partial charge in [0.1, 0.15) is 16.9 Å². The lowest BCUT2D eigenvalue weighted by Gasteiger charge is -2.05. The van der Waals surface area contributed by atoms with Crippen LogP contribution in [0.2, 0.25) is 0 Å². The molecule has 0 aromatic carbocycles. The Morgan fingerprint density at radius 3 is 2.30 bits per heavy atom. The van der Waals surface area contributed by atoms with E-state index in [4.69, 9.17) is 0 Å². The van der Waals surface area contributed by atoms with E-state index >= 15 is 0 Å². The molecule has 4 aromatic heterocycles. The van der Waals surface area contributed by atoms with Crippen molar-refractivity contribution in [2.75, 3.05) is 0 Å². The Kier molecular flexibility index (Phi) is 3.45. The van der Waals surface area contributed by atoms with Crippen LogP contribution >= 0.6 is 0 Å². The molecule has 4 heterocycles. The minimum Gasteiger partial charge on any atom is -0.310 e. The van der Waals surface area contributed by atoms with E-state index in [1.807, 2.05) is 0 Å². The zero-order valence-electron chi connectivity index (χ0n) is 13.3. The summed E-state index contributed by atoms with van der Waals surface area (Å²) in [5.74, 6) is 0.143. The predicted molar refractivity (Wildman–Crippen MR) is 80.5 cm³/mol. The van der Waals surface area contributed by atoms with Crippen LogP contribution in [0.5, 0.6) is 0 Å². The number of imidazole rings is 2. The molecule has 0 saturated carbocycles. The fourth-order valence-electron chi connectivity index (χ4n) is 2.59. The van der Waals surface area contributed by atoms with Crippen molar-refractivity contribution in [1.82, 2.24) is 28.9 Å². The van der Waals surface area contributed by atoms with E-state index in [2.05, 4.69) is 19.9 Å². The van der Waals surface area contributed by atoms with Gasteiger partial charge in [0.2, 0.25) is 5.78 Å². The monoisotopic (exact) mass is 386 g/mol. The molecule has 27 heavy (non-hydrogen) atoms. The topological polar surface area (TPSA) is 60.9 Å². The number of hydrogen-bond donors (Lipinski definition) is 0. The smallest absolute Gasteiger partial charge is 0.310 e. The Hall–Kier alpha value is -3.18. The quantitative estimate of drug-likeness (QED) is 0.468. The lowest BCUT2D eigenvalue weighted by Crippen LogP contribution is -2.08. The fourth-order valence-corrected chi connectivity index (χ4v) is 2.59. The first-order valence-corrected chi connectivity index (χ1v) is 7.37. The van der Waals surface area contributed by atoms with Gasteiger partial charge in [-0.15, -0.1) is 0 Å². The minimum atomic E-state index is -4.61. The summed E-state index contributed by atoms with van der Waals surface area (Å²) >= 11 is 0. The van der Waals surface area contributed by atoms with Gasteiger partial charge in [-0.3, -0.25) is 4.40 Å². The molecule has 0 amide bonds. The fraction of sp³-hybridized carbons (Fsp3) is 0.200. The molecular weight excluding hydrogens is 378 g/mol.